The Morgan fingerprint density at radius 2 is 2.07 bits per heavy atom. The molecule has 0 saturated heterocycles. The van der Waals surface area contributed by atoms with Gasteiger partial charge in [0.25, 0.3) is 0 Å². The Labute approximate surface area is 98.6 Å². The largest absolute Gasteiger partial charge is 0.326 e. The molecule has 0 amide bonds. The van der Waals surface area contributed by atoms with Gasteiger partial charge in [-0.3, -0.25) is 0 Å². The molecule has 1 fully saturated rings. The Morgan fingerprint density at radius 3 is 2.67 bits per heavy atom. The van der Waals surface area contributed by atoms with Gasteiger partial charge in [-0.25, -0.2) is 9.97 Å². The normalized spacial score (nSPS) is 18.0. The van der Waals surface area contributed by atoms with E-state index in [1.54, 1.807) is 0 Å². The Balaban J connectivity index is 2.17. The highest BCUT2D eigenvalue weighted by molar-refractivity contribution is 9.10. The number of aromatic nitrogens is 2. The van der Waals surface area contributed by atoms with Crippen LogP contribution in [0.3, 0.4) is 0 Å². The SMILES string of the molecule is NCc1cnc(C2CCCCC2)nc1Br. The molecule has 2 rings (SSSR count). The summed E-state index contributed by atoms with van der Waals surface area (Å²) in [6, 6.07) is 0. The summed E-state index contributed by atoms with van der Waals surface area (Å²) in [6.07, 6.45) is 8.29. The van der Waals surface area contributed by atoms with Crippen LogP contribution in [0.4, 0.5) is 0 Å². The topological polar surface area (TPSA) is 51.8 Å². The maximum Gasteiger partial charge on any atom is 0.132 e. The van der Waals surface area contributed by atoms with E-state index in [9.17, 15) is 0 Å². The molecule has 0 spiro atoms. The summed E-state index contributed by atoms with van der Waals surface area (Å²) >= 11 is 3.44. The van der Waals surface area contributed by atoms with Crippen molar-refractivity contribution in [2.24, 2.45) is 5.73 Å². The summed E-state index contributed by atoms with van der Waals surface area (Å²) in [5.74, 6) is 1.54. The van der Waals surface area contributed by atoms with E-state index in [1.807, 2.05) is 6.20 Å². The van der Waals surface area contributed by atoms with Crippen molar-refractivity contribution in [3.63, 3.8) is 0 Å². The van der Waals surface area contributed by atoms with Gasteiger partial charge in [0, 0.05) is 24.2 Å². The fraction of sp³-hybridized carbons (Fsp3) is 0.636. The maximum atomic E-state index is 5.57. The van der Waals surface area contributed by atoms with E-state index < -0.39 is 0 Å². The number of hydrogen-bond donors (Lipinski definition) is 1. The summed E-state index contributed by atoms with van der Waals surface area (Å²) < 4.78 is 0.862. The van der Waals surface area contributed by atoms with E-state index in [-0.39, 0.29) is 0 Å². The van der Waals surface area contributed by atoms with E-state index in [0.29, 0.717) is 12.5 Å². The van der Waals surface area contributed by atoms with Gasteiger partial charge in [-0.2, -0.15) is 0 Å². The first-order valence-electron chi connectivity index (χ1n) is 5.52. The summed E-state index contributed by atoms with van der Waals surface area (Å²) in [5.41, 5.74) is 6.55. The Morgan fingerprint density at radius 1 is 1.33 bits per heavy atom. The first-order chi connectivity index (χ1) is 7.31. The third kappa shape index (κ3) is 2.55. The fourth-order valence-corrected chi connectivity index (χ4v) is 2.54. The van der Waals surface area contributed by atoms with Crippen molar-refractivity contribution in [3.05, 3.63) is 22.2 Å². The molecular formula is C11H16BrN3. The monoisotopic (exact) mass is 269 g/mol. The molecule has 15 heavy (non-hydrogen) atoms. The molecule has 2 N–H and O–H groups in total. The zero-order chi connectivity index (χ0) is 10.7. The third-order valence-corrected chi connectivity index (χ3v) is 3.71. The first-order valence-corrected chi connectivity index (χ1v) is 6.32. The summed E-state index contributed by atoms with van der Waals surface area (Å²) in [5, 5.41) is 0. The van der Waals surface area contributed by atoms with Gasteiger partial charge in [0.15, 0.2) is 0 Å². The van der Waals surface area contributed by atoms with Gasteiger partial charge in [0.05, 0.1) is 0 Å². The van der Waals surface area contributed by atoms with Gasteiger partial charge in [-0.15, -0.1) is 0 Å². The molecule has 3 nitrogen and oxygen atoms in total. The van der Waals surface area contributed by atoms with Crippen LogP contribution in [0.2, 0.25) is 0 Å². The highest BCUT2D eigenvalue weighted by Gasteiger charge is 2.18. The number of hydrogen-bond acceptors (Lipinski definition) is 3. The molecule has 0 unspecified atom stereocenters. The molecule has 0 aromatic carbocycles. The minimum absolute atomic E-state index is 0.492. The average molecular weight is 270 g/mol. The van der Waals surface area contributed by atoms with E-state index in [2.05, 4.69) is 25.9 Å². The summed E-state index contributed by atoms with van der Waals surface area (Å²) in [7, 11) is 0. The van der Waals surface area contributed by atoms with Crippen molar-refractivity contribution >= 4 is 15.9 Å². The van der Waals surface area contributed by atoms with E-state index in [1.165, 1.54) is 32.1 Å². The van der Waals surface area contributed by atoms with Gasteiger partial charge in [0.1, 0.15) is 10.4 Å². The minimum Gasteiger partial charge on any atom is -0.326 e. The second-order valence-corrected chi connectivity index (χ2v) is 4.83. The molecular weight excluding hydrogens is 254 g/mol. The van der Waals surface area contributed by atoms with Crippen LogP contribution >= 0.6 is 15.9 Å². The van der Waals surface area contributed by atoms with Crippen molar-refractivity contribution in [3.8, 4) is 0 Å². The molecule has 0 aliphatic heterocycles. The smallest absolute Gasteiger partial charge is 0.132 e. The van der Waals surface area contributed by atoms with Crippen molar-refractivity contribution in [2.75, 3.05) is 0 Å². The van der Waals surface area contributed by atoms with Crippen LogP contribution in [-0.2, 0) is 6.54 Å². The fourth-order valence-electron chi connectivity index (χ4n) is 2.09. The molecule has 0 atom stereocenters. The van der Waals surface area contributed by atoms with Crippen LogP contribution in [0.1, 0.15) is 49.4 Å². The van der Waals surface area contributed by atoms with Gasteiger partial charge >= 0.3 is 0 Å². The lowest BCUT2D eigenvalue weighted by Crippen LogP contribution is -2.10. The lowest BCUT2D eigenvalue weighted by atomic mass is 9.89. The Kier molecular flexibility index (Phi) is 3.70. The number of nitrogens with two attached hydrogens (primary N) is 1. The lowest BCUT2D eigenvalue weighted by Gasteiger charge is -2.20. The minimum atomic E-state index is 0.492. The molecule has 82 valence electrons. The second-order valence-electron chi connectivity index (χ2n) is 4.08. The number of nitrogens with zero attached hydrogens (tertiary/aromatic N) is 2. The zero-order valence-electron chi connectivity index (χ0n) is 8.75. The Bertz CT molecular complexity index is 335. The molecule has 1 saturated carbocycles. The van der Waals surface area contributed by atoms with Crippen LogP contribution in [0, 0.1) is 0 Å². The Hall–Kier alpha value is -0.480. The van der Waals surface area contributed by atoms with Crippen LogP contribution in [0.15, 0.2) is 10.8 Å². The summed E-state index contributed by atoms with van der Waals surface area (Å²) in [4.78, 5) is 8.91. The molecule has 0 bridgehead atoms. The zero-order valence-corrected chi connectivity index (χ0v) is 10.3. The molecule has 1 aromatic rings. The quantitative estimate of drug-likeness (QED) is 0.841. The van der Waals surface area contributed by atoms with Gasteiger partial charge in [0.2, 0.25) is 0 Å². The first kappa shape index (κ1) is 11.0. The van der Waals surface area contributed by atoms with Gasteiger partial charge in [-0.1, -0.05) is 19.3 Å². The standard InChI is InChI=1S/C11H16BrN3/c12-10-9(6-13)7-14-11(15-10)8-4-2-1-3-5-8/h7-8H,1-6,13H2. The van der Waals surface area contributed by atoms with Gasteiger partial charge < -0.3 is 5.73 Å². The van der Waals surface area contributed by atoms with Crippen LogP contribution < -0.4 is 5.73 Å². The van der Waals surface area contributed by atoms with Gasteiger partial charge in [-0.05, 0) is 28.8 Å². The van der Waals surface area contributed by atoms with Crippen molar-refractivity contribution in [1.29, 1.82) is 0 Å². The average Bonchev–Trinajstić information content (AvgIpc) is 2.30. The van der Waals surface area contributed by atoms with Crippen molar-refractivity contribution < 1.29 is 0 Å². The van der Waals surface area contributed by atoms with Crippen molar-refractivity contribution in [2.45, 2.75) is 44.6 Å². The van der Waals surface area contributed by atoms with Crippen LogP contribution in [-0.4, -0.2) is 9.97 Å². The van der Waals surface area contributed by atoms with E-state index in [0.717, 1.165) is 16.0 Å². The molecule has 1 aromatic heterocycles. The highest BCUT2D eigenvalue weighted by atomic mass is 79.9. The number of rotatable bonds is 2. The molecule has 1 aliphatic rings. The summed E-state index contributed by atoms with van der Waals surface area (Å²) in [6.45, 7) is 0.492. The lowest BCUT2D eigenvalue weighted by molar-refractivity contribution is 0.427. The molecule has 1 aliphatic carbocycles. The number of halogens is 1. The molecule has 1 heterocycles. The third-order valence-electron chi connectivity index (χ3n) is 3.02. The van der Waals surface area contributed by atoms with E-state index in [4.69, 9.17) is 5.73 Å². The van der Waals surface area contributed by atoms with Crippen LogP contribution in [0.5, 0.6) is 0 Å². The predicted molar refractivity (Wildman–Crippen MR) is 63.4 cm³/mol. The highest BCUT2D eigenvalue weighted by Crippen LogP contribution is 2.31. The second kappa shape index (κ2) is 5.03. The molecule has 4 heteroatoms. The maximum absolute atomic E-state index is 5.57. The molecule has 0 radical (unpaired) electrons. The van der Waals surface area contributed by atoms with E-state index >= 15 is 0 Å². The predicted octanol–water partition coefficient (Wildman–Crippen LogP) is 2.75. The van der Waals surface area contributed by atoms with Crippen molar-refractivity contribution in [1.82, 2.24) is 9.97 Å². The van der Waals surface area contributed by atoms with Crippen LogP contribution in [0.25, 0.3) is 0 Å².